The number of H-pyrrole nitrogens is 1. The minimum Gasteiger partial charge on any atom is -0.368 e. The third-order valence-corrected chi connectivity index (χ3v) is 9.44. The third kappa shape index (κ3) is 3.93. The van der Waals surface area contributed by atoms with Crippen molar-refractivity contribution in [3.8, 4) is 11.1 Å². The van der Waals surface area contributed by atoms with Gasteiger partial charge in [0.05, 0.1) is 11.5 Å². The summed E-state index contributed by atoms with van der Waals surface area (Å²) in [5.41, 5.74) is 11.4. The zero-order valence-electron chi connectivity index (χ0n) is 19.7. The molecule has 1 unspecified atom stereocenters. The van der Waals surface area contributed by atoms with Crippen LogP contribution in [0.1, 0.15) is 47.2 Å². The van der Waals surface area contributed by atoms with E-state index in [1.165, 1.54) is 11.1 Å². The Morgan fingerprint density at radius 3 is 2.44 bits per heavy atom. The van der Waals surface area contributed by atoms with Crippen LogP contribution in [0, 0.1) is 0 Å². The summed E-state index contributed by atoms with van der Waals surface area (Å²) in [4.78, 5) is 24.3. The van der Waals surface area contributed by atoms with Gasteiger partial charge in [0, 0.05) is 52.1 Å². The molecule has 9 heteroatoms. The first-order valence-electron chi connectivity index (χ1n) is 12.1. The maximum absolute atomic E-state index is 12.8. The lowest BCUT2D eigenvalue weighted by molar-refractivity contribution is 0.0941. The van der Waals surface area contributed by atoms with Crippen LogP contribution in [0.25, 0.3) is 22.0 Å². The first-order chi connectivity index (χ1) is 17.3. The van der Waals surface area contributed by atoms with Crippen molar-refractivity contribution < 1.29 is 13.2 Å². The number of nitrogen functional groups attached to an aromatic ring is 1. The molecule has 1 aliphatic carbocycles. The van der Waals surface area contributed by atoms with Gasteiger partial charge < -0.3 is 16.0 Å². The Balaban J connectivity index is 1.27. The van der Waals surface area contributed by atoms with Gasteiger partial charge in [-0.15, -0.1) is 0 Å². The summed E-state index contributed by atoms with van der Waals surface area (Å²) in [6, 6.07) is 13.9. The molecule has 3 heterocycles. The number of nitrogens with zero attached hydrogens (tertiary/aromatic N) is 2. The van der Waals surface area contributed by atoms with Crippen molar-refractivity contribution in [1.29, 1.82) is 0 Å². The Hall–Kier alpha value is -3.72. The highest BCUT2D eigenvalue weighted by atomic mass is 32.2. The number of nitrogens with one attached hydrogen (secondary N) is 2. The molecule has 1 saturated carbocycles. The van der Waals surface area contributed by atoms with Gasteiger partial charge in [0.25, 0.3) is 5.91 Å². The fourth-order valence-corrected chi connectivity index (χ4v) is 7.23. The van der Waals surface area contributed by atoms with Crippen molar-refractivity contribution >= 4 is 32.6 Å². The number of anilines is 1. The Kier molecular flexibility index (Phi) is 5.33. The standard InChI is InChI=1S/C27H27N5O3S/c28-26-30-13-19(14-31-26)17-2-5-20(6-3-17)27(9-1-10-27)23-15-29-24-12-18(4-7-22(23)24)25(33)32-21-8-11-36(34,35)16-21/h2-7,12-15,21,29H,1,8-11,16H2,(H,32,33)(H2,28,30,31). The van der Waals surface area contributed by atoms with E-state index in [0.717, 1.165) is 41.3 Å². The Morgan fingerprint density at radius 2 is 1.81 bits per heavy atom. The molecule has 2 aromatic heterocycles. The number of fused-ring (bicyclic) bond motifs is 1. The van der Waals surface area contributed by atoms with Gasteiger partial charge in [-0.1, -0.05) is 36.8 Å². The Bertz CT molecular complexity index is 1560. The molecule has 4 N–H and O–H groups in total. The zero-order chi connectivity index (χ0) is 24.9. The van der Waals surface area contributed by atoms with Gasteiger partial charge in [0.1, 0.15) is 0 Å². The van der Waals surface area contributed by atoms with Crippen molar-refractivity contribution in [3.63, 3.8) is 0 Å². The summed E-state index contributed by atoms with van der Waals surface area (Å²) in [6.07, 6.45) is 9.27. The van der Waals surface area contributed by atoms with Crippen LogP contribution in [0.3, 0.4) is 0 Å². The van der Waals surface area contributed by atoms with Gasteiger partial charge >= 0.3 is 0 Å². The number of nitrogens with two attached hydrogens (primary N) is 1. The average molecular weight is 502 g/mol. The first kappa shape index (κ1) is 22.7. The maximum Gasteiger partial charge on any atom is 0.251 e. The molecule has 1 saturated heterocycles. The quantitative estimate of drug-likeness (QED) is 0.383. The molecule has 2 aliphatic rings. The highest BCUT2D eigenvalue weighted by Gasteiger charge is 2.42. The molecule has 0 bridgehead atoms. The molecule has 0 radical (unpaired) electrons. The van der Waals surface area contributed by atoms with E-state index in [1.54, 1.807) is 12.4 Å². The number of amides is 1. The van der Waals surface area contributed by atoms with Gasteiger partial charge in [-0.05, 0) is 48.1 Å². The lowest BCUT2D eigenvalue weighted by Crippen LogP contribution is -2.35. The second-order valence-corrected chi connectivity index (χ2v) is 12.1. The number of rotatable bonds is 5. The number of hydrogen-bond donors (Lipinski definition) is 3. The van der Waals surface area contributed by atoms with Gasteiger partial charge in [-0.25, -0.2) is 18.4 Å². The van der Waals surface area contributed by atoms with E-state index in [0.29, 0.717) is 12.0 Å². The summed E-state index contributed by atoms with van der Waals surface area (Å²) < 4.78 is 23.4. The van der Waals surface area contributed by atoms with Crippen LogP contribution in [-0.2, 0) is 15.3 Å². The second-order valence-electron chi connectivity index (χ2n) is 9.88. The molecule has 2 fully saturated rings. The summed E-state index contributed by atoms with van der Waals surface area (Å²) in [5, 5.41) is 3.98. The van der Waals surface area contributed by atoms with E-state index >= 15 is 0 Å². The predicted octanol–water partition coefficient (Wildman–Crippen LogP) is 3.59. The van der Waals surface area contributed by atoms with Crippen LogP contribution in [0.2, 0.25) is 0 Å². The minimum atomic E-state index is -3.05. The molecule has 2 aromatic carbocycles. The van der Waals surface area contributed by atoms with Crippen molar-refractivity contribution in [2.45, 2.75) is 37.1 Å². The van der Waals surface area contributed by atoms with E-state index < -0.39 is 9.84 Å². The van der Waals surface area contributed by atoms with Crippen molar-refractivity contribution in [3.05, 3.63) is 77.7 Å². The van der Waals surface area contributed by atoms with E-state index in [2.05, 4.69) is 50.7 Å². The van der Waals surface area contributed by atoms with Crippen molar-refractivity contribution in [2.75, 3.05) is 17.2 Å². The van der Waals surface area contributed by atoms with Crippen molar-refractivity contribution in [1.82, 2.24) is 20.3 Å². The Labute approximate surface area is 209 Å². The maximum atomic E-state index is 12.8. The molecule has 184 valence electrons. The molecular weight excluding hydrogens is 474 g/mol. The number of sulfone groups is 1. The molecule has 1 aliphatic heterocycles. The van der Waals surface area contributed by atoms with Gasteiger partial charge in [0.2, 0.25) is 5.95 Å². The van der Waals surface area contributed by atoms with Crippen molar-refractivity contribution in [2.24, 2.45) is 0 Å². The molecule has 8 nitrogen and oxygen atoms in total. The van der Waals surface area contributed by atoms with Gasteiger partial charge in [0.15, 0.2) is 9.84 Å². The van der Waals surface area contributed by atoms with Gasteiger partial charge in [-0.2, -0.15) is 0 Å². The van der Waals surface area contributed by atoms with Crippen LogP contribution in [0.4, 0.5) is 5.95 Å². The van der Waals surface area contributed by atoms with Crippen LogP contribution in [-0.4, -0.2) is 46.8 Å². The molecule has 6 rings (SSSR count). The normalized spacial score (nSPS) is 20.2. The number of carbonyl (C=O) groups is 1. The van der Waals surface area contributed by atoms with Crippen LogP contribution >= 0.6 is 0 Å². The molecule has 36 heavy (non-hydrogen) atoms. The van der Waals surface area contributed by atoms with Crippen LogP contribution < -0.4 is 11.1 Å². The lowest BCUT2D eigenvalue weighted by Gasteiger charge is -2.43. The Morgan fingerprint density at radius 1 is 1.06 bits per heavy atom. The summed E-state index contributed by atoms with van der Waals surface area (Å²) in [7, 11) is -3.05. The molecule has 4 aromatic rings. The predicted molar refractivity (Wildman–Crippen MR) is 139 cm³/mol. The largest absolute Gasteiger partial charge is 0.368 e. The SMILES string of the molecule is Nc1ncc(-c2ccc(C3(c4c[nH]c5cc(C(=O)NC6CCS(=O)(=O)C6)ccc45)CCC3)cc2)cn1. The monoisotopic (exact) mass is 501 g/mol. The average Bonchev–Trinajstić information content (AvgIpc) is 3.42. The molecule has 0 spiro atoms. The van der Waals surface area contributed by atoms with Gasteiger partial charge in [-0.3, -0.25) is 4.79 Å². The molecule has 1 amide bonds. The second kappa shape index (κ2) is 8.44. The fraction of sp³-hybridized carbons (Fsp3) is 0.296. The summed E-state index contributed by atoms with van der Waals surface area (Å²) in [6.45, 7) is 0. The van der Waals surface area contributed by atoms with Crippen LogP contribution in [0.15, 0.2) is 61.1 Å². The highest BCUT2D eigenvalue weighted by Crippen LogP contribution is 2.51. The van der Waals surface area contributed by atoms with Crippen LogP contribution in [0.5, 0.6) is 0 Å². The van der Waals surface area contributed by atoms with E-state index in [9.17, 15) is 13.2 Å². The number of aromatic amines is 1. The molecular formula is C27H27N5O3S. The topological polar surface area (TPSA) is 131 Å². The highest BCUT2D eigenvalue weighted by molar-refractivity contribution is 7.91. The first-order valence-corrected chi connectivity index (χ1v) is 14.0. The van der Waals surface area contributed by atoms with E-state index in [-0.39, 0.29) is 34.8 Å². The summed E-state index contributed by atoms with van der Waals surface area (Å²) in [5.74, 6) is 0.166. The molecule has 1 atom stereocenters. The van der Waals surface area contributed by atoms with E-state index in [4.69, 9.17) is 5.73 Å². The minimum absolute atomic E-state index is 0.0142. The lowest BCUT2D eigenvalue weighted by atomic mass is 9.60. The van der Waals surface area contributed by atoms with E-state index in [1.807, 2.05) is 18.2 Å². The number of aromatic nitrogens is 3. The zero-order valence-corrected chi connectivity index (χ0v) is 20.5. The smallest absolute Gasteiger partial charge is 0.251 e. The number of benzene rings is 2. The number of carbonyl (C=O) groups excluding carboxylic acids is 1. The fourth-order valence-electron chi connectivity index (χ4n) is 5.55. The summed E-state index contributed by atoms with van der Waals surface area (Å²) >= 11 is 0. The third-order valence-electron chi connectivity index (χ3n) is 7.68. The number of hydrogen-bond acceptors (Lipinski definition) is 6.